The summed E-state index contributed by atoms with van der Waals surface area (Å²) in [4.78, 5) is 35.9. The molecule has 4 atom stereocenters. The first-order valence-electron chi connectivity index (χ1n) is 15.4. The fraction of sp³-hybridized carbons (Fsp3) is 0.314. The summed E-state index contributed by atoms with van der Waals surface area (Å²) < 4.78 is 40.9. The zero-order valence-corrected chi connectivity index (χ0v) is 26.8. The molecule has 3 heterocycles. The van der Waals surface area contributed by atoms with Gasteiger partial charge in [0.05, 0.1) is 27.2 Å². The quantitative estimate of drug-likeness (QED) is 0.176. The van der Waals surface area contributed by atoms with Crippen LogP contribution in [-0.2, 0) is 19.9 Å². The summed E-state index contributed by atoms with van der Waals surface area (Å²) in [5.41, 5.74) is 0.331. The van der Waals surface area contributed by atoms with Crippen molar-refractivity contribution in [3.8, 4) is 11.5 Å². The number of imidazole rings is 1. The zero-order valence-electron chi connectivity index (χ0n) is 26.8. The van der Waals surface area contributed by atoms with Gasteiger partial charge in [-0.3, -0.25) is 24.5 Å². The lowest BCUT2D eigenvalue weighted by Crippen LogP contribution is -2.38. The van der Waals surface area contributed by atoms with E-state index < -0.39 is 35.8 Å². The van der Waals surface area contributed by atoms with Crippen LogP contribution < -0.4 is 20.3 Å². The zero-order chi connectivity index (χ0) is 34.0. The molecule has 0 spiro atoms. The first-order chi connectivity index (χ1) is 23.2. The number of hydrogen-bond donors (Lipinski definition) is 3. The predicted molar refractivity (Wildman–Crippen MR) is 175 cm³/mol. The summed E-state index contributed by atoms with van der Waals surface area (Å²) >= 11 is 0. The fourth-order valence-corrected chi connectivity index (χ4v) is 5.79. The Bertz CT molecular complexity index is 1880. The number of hydrogen-bond acceptors (Lipinski definition) is 9. The normalized spacial score (nSPS) is 19.5. The van der Waals surface area contributed by atoms with Crippen LogP contribution in [0.2, 0.25) is 0 Å². The second-order valence-electron chi connectivity index (χ2n) is 11.7. The molecule has 3 N–H and O–H groups in total. The van der Waals surface area contributed by atoms with E-state index in [-0.39, 0.29) is 35.5 Å². The maximum atomic E-state index is 16.0. The van der Waals surface area contributed by atoms with E-state index in [1.165, 1.54) is 10.9 Å². The number of carbonyl (C=O) groups is 1. The van der Waals surface area contributed by atoms with E-state index in [1.807, 2.05) is 78.9 Å². The molecule has 2 aromatic heterocycles. The number of carbonyl (C=O) groups excluding carboxylic acids is 1. The molecule has 1 aliphatic rings. The smallest absolute Gasteiger partial charge is 0.280 e. The van der Waals surface area contributed by atoms with E-state index in [4.69, 9.17) is 18.9 Å². The third-order valence-electron chi connectivity index (χ3n) is 8.40. The van der Waals surface area contributed by atoms with Crippen LogP contribution in [0.4, 0.5) is 10.3 Å². The van der Waals surface area contributed by atoms with Crippen molar-refractivity contribution in [2.24, 2.45) is 5.92 Å². The summed E-state index contributed by atoms with van der Waals surface area (Å²) in [6.07, 6.45) is -4.82. The molecule has 6 rings (SSSR count). The number of ether oxygens (including phenoxy) is 4. The Balaban J connectivity index is 1.36. The Hall–Kier alpha value is -5.11. The molecule has 3 aromatic carbocycles. The van der Waals surface area contributed by atoms with Gasteiger partial charge in [-0.25, -0.2) is 9.37 Å². The fourth-order valence-electron chi connectivity index (χ4n) is 5.79. The molecule has 250 valence electrons. The molecule has 4 unspecified atom stereocenters. The first-order valence-corrected chi connectivity index (χ1v) is 15.4. The van der Waals surface area contributed by atoms with Gasteiger partial charge in [-0.05, 0) is 41.0 Å². The Morgan fingerprint density at radius 1 is 1.00 bits per heavy atom. The highest BCUT2D eigenvalue weighted by Crippen LogP contribution is 2.43. The summed E-state index contributed by atoms with van der Waals surface area (Å²) in [6, 6.07) is 24.3. The van der Waals surface area contributed by atoms with Gasteiger partial charge in [0.15, 0.2) is 23.6 Å². The van der Waals surface area contributed by atoms with E-state index in [1.54, 1.807) is 28.1 Å². The monoisotopic (exact) mass is 657 g/mol. The van der Waals surface area contributed by atoms with Crippen LogP contribution in [0.15, 0.2) is 90.0 Å². The van der Waals surface area contributed by atoms with Gasteiger partial charge < -0.3 is 24.1 Å². The van der Waals surface area contributed by atoms with Gasteiger partial charge in [0, 0.05) is 5.92 Å². The lowest BCUT2D eigenvalue weighted by molar-refractivity contribution is -0.118. The van der Waals surface area contributed by atoms with Gasteiger partial charge in [-0.1, -0.05) is 68.4 Å². The lowest BCUT2D eigenvalue weighted by atomic mass is 9.80. The second-order valence-corrected chi connectivity index (χ2v) is 11.7. The Kier molecular flexibility index (Phi) is 9.27. The number of alkyl halides is 1. The molecule has 48 heavy (non-hydrogen) atoms. The first kappa shape index (κ1) is 32.8. The Morgan fingerprint density at radius 2 is 1.58 bits per heavy atom. The van der Waals surface area contributed by atoms with E-state index in [2.05, 4.69) is 20.3 Å². The Labute approximate surface area is 275 Å². The molecule has 1 amide bonds. The van der Waals surface area contributed by atoms with Crippen LogP contribution in [0, 0.1) is 5.92 Å². The van der Waals surface area contributed by atoms with Crippen molar-refractivity contribution in [2.45, 2.75) is 44.1 Å². The van der Waals surface area contributed by atoms with Crippen molar-refractivity contribution in [1.82, 2.24) is 19.5 Å². The van der Waals surface area contributed by atoms with E-state index in [9.17, 15) is 14.7 Å². The number of nitrogens with one attached hydrogen (secondary N) is 2. The largest absolute Gasteiger partial charge is 0.497 e. The summed E-state index contributed by atoms with van der Waals surface area (Å²) in [5, 5.41) is 13.6. The van der Waals surface area contributed by atoms with Gasteiger partial charge in [0.2, 0.25) is 11.9 Å². The molecular weight excluding hydrogens is 621 g/mol. The minimum absolute atomic E-state index is 0.00530. The number of rotatable bonds is 11. The number of halogens is 1. The van der Waals surface area contributed by atoms with Crippen LogP contribution in [0.3, 0.4) is 0 Å². The van der Waals surface area contributed by atoms with Crippen LogP contribution in [0.1, 0.15) is 36.8 Å². The number of amides is 1. The molecule has 5 aromatic rings. The third kappa shape index (κ3) is 6.03. The molecule has 12 nitrogen and oxygen atoms in total. The molecule has 1 saturated heterocycles. The molecule has 0 bridgehead atoms. The number of nitrogens with zero attached hydrogens (tertiary/aromatic N) is 3. The molecule has 0 saturated carbocycles. The molecule has 1 fully saturated rings. The number of aliphatic hydroxyl groups is 1. The Morgan fingerprint density at radius 3 is 2.15 bits per heavy atom. The van der Waals surface area contributed by atoms with Crippen LogP contribution in [0.25, 0.3) is 11.2 Å². The molecule has 1 aliphatic heterocycles. The summed E-state index contributed by atoms with van der Waals surface area (Å²) in [6.45, 7) is 3.11. The van der Waals surface area contributed by atoms with Gasteiger partial charge in [-0.2, -0.15) is 4.98 Å². The number of H-pyrrole nitrogens is 1. The van der Waals surface area contributed by atoms with E-state index in [0.717, 1.165) is 16.7 Å². The van der Waals surface area contributed by atoms with Crippen molar-refractivity contribution in [2.75, 3.05) is 26.1 Å². The van der Waals surface area contributed by atoms with Gasteiger partial charge in [-0.15, -0.1) is 0 Å². The lowest BCUT2D eigenvalue weighted by Gasteiger charge is -2.37. The third-order valence-corrected chi connectivity index (χ3v) is 8.40. The standard InChI is InChI=1S/C35H36FN5O7/c1-20(2)31(43)39-34-38-30-28(32(44)40-34)37-19-41(30)33-29(42)27(36)26(48-33)18-47-35(21-8-6-5-7-9-21,22-10-14-24(45-3)15-11-22)23-12-16-25(46-4)17-13-23/h5-17,19-20,26-27,29,33,42H,18H2,1-4H3,(H2,38,39,40,43,44). The maximum Gasteiger partial charge on any atom is 0.280 e. The van der Waals surface area contributed by atoms with Crippen molar-refractivity contribution in [3.63, 3.8) is 0 Å². The number of fused-ring (bicyclic) bond motifs is 1. The topological polar surface area (TPSA) is 150 Å². The molecule has 13 heteroatoms. The highest BCUT2D eigenvalue weighted by molar-refractivity contribution is 5.91. The average Bonchev–Trinajstić information content (AvgIpc) is 3.66. The maximum absolute atomic E-state index is 16.0. The number of benzene rings is 3. The number of anilines is 1. The van der Waals surface area contributed by atoms with Crippen molar-refractivity contribution >= 4 is 23.0 Å². The predicted octanol–water partition coefficient (Wildman–Crippen LogP) is 4.34. The molecular formula is C35H36FN5O7. The summed E-state index contributed by atoms with van der Waals surface area (Å²) in [7, 11) is 3.16. The van der Waals surface area contributed by atoms with Gasteiger partial charge >= 0.3 is 0 Å². The van der Waals surface area contributed by atoms with Crippen molar-refractivity contribution < 1.29 is 33.2 Å². The number of aromatic nitrogens is 4. The van der Waals surface area contributed by atoms with Crippen LogP contribution >= 0.6 is 0 Å². The highest BCUT2D eigenvalue weighted by atomic mass is 19.1. The number of methoxy groups -OCH3 is 2. The minimum Gasteiger partial charge on any atom is -0.497 e. The minimum atomic E-state index is -1.88. The highest BCUT2D eigenvalue weighted by Gasteiger charge is 2.48. The number of aromatic amines is 1. The van der Waals surface area contributed by atoms with Crippen molar-refractivity contribution in [1.29, 1.82) is 0 Å². The van der Waals surface area contributed by atoms with Gasteiger partial charge in [0.1, 0.15) is 29.3 Å². The second kappa shape index (κ2) is 13.6. The van der Waals surface area contributed by atoms with Crippen molar-refractivity contribution in [3.05, 3.63) is 112 Å². The SMILES string of the molecule is COc1ccc(C(OCC2OC(n3cnc4c(=O)[nH]c(NC(=O)C(C)C)nc43)C(O)C2F)(c2ccccc2)c2ccc(OC)cc2)cc1. The van der Waals surface area contributed by atoms with Gasteiger partial charge in [0.25, 0.3) is 5.56 Å². The molecule has 0 radical (unpaired) electrons. The molecule has 0 aliphatic carbocycles. The van der Waals surface area contributed by atoms with E-state index in [0.29, 0.717) is 11.5 Å². The number of aliphatic hydroxyl groups excluding tert-OH is 1. The van der Waals surface area contributed by atoms with Crippen LogP contribution in [-0.4, -0.2) is 69.7 Å². The summed E-state index contributed by atoms with van der Waals surface area (Å²) in [5.74, 6) is 0.455. The van der Waals surface area contributed by atoms with Crippen LogP contribution in [0.5, 0.6) is 11.5 Å². The average molecular weight is 658 g/mol. The van der Waals surface area contributed by atoms with E-state index >= 15 is 4.39 Å².